The van der Waals surface area contributed by atoms with Gasteiger partial charge in [-0.2, -0.15) is 0 Å². The number of halogens is 3. The van der Waals surface area contributed by atoms with Crippen LogP contribution in [0, 0.1) is 17.1 Å². The summed E-state index contributed by atoms with van der Waals surface area (Å²) in [5.41, 5.74) is 2.94. The molecule has 1 aromatic rings. The number of amidine groups is 1. The third kappa shape index (κ3) is 9.98. The number of nitrogens with one attached hydrogen (secondary N) is 1. The first-order valence-corrected chi connectivity index (χ1v) is 12.7. The van der Waals surface area contributed by atoms with Gasteiger partial charge in [0.25, 0.3) is 0 Å². The second-order valence-corrected chi connectivity index (χ2v) is 9.47. The van der Waals surface area contributed by atoms with Crippen LogP contribution in [0.15, 0.2) is 75.6 Å². The third-order valence-corrected chi connectivity index (χ3v) is 5.97. The molecule has 34 heavy (non-hydrogen) atoms. The lowest BCUT2D eigenvalue weighted by atomic mass is 10.00. The van der Waals surface area contributed by atoms with Crippen molar-refractivity contribution < 1.29 is 8.78 Å². The van der Waals surface area contributed by atoms with Gasteiger partial charge in [-0.15, -0.1) is 0 Å². The molecule has 0 saturated carbocycles. The Morgan fingerprint density at radius 1 is 1.35 bits per heavy atom. The molecule has 0 amide bonds. The average Bonchev–Trinajstić information content (AvgIpc) is 3.21. The summed E-state index contributed by atoms with van der Waals surface area (Å²) in [5.74, 6) is 1.34. The number of rotatable bonds is 6. The van der Waals surface area contributed by atoms with Crippen LogP contribution in [0.1, 0.15) is 47.5 Å². The van der Waals surface area contributed by atoms with Crippen LogP contribution < -0.4 is 0 Å². The molecular formula is C27H36ClF2N3S. The second kappa shape index (κ2) is 15.7. The Labute approximate surface area is 212 Å². The molecule has 2 heterocycles. The predicted octanol–water partition coefficient (Wildman–Crippen LogP) is 8.60. The van der Waals surface area contributed by atoms with E-state index in [1.54, 1.807) is 23.9 Å². The van der Waals surface area contributed by atoms with Crippen molar-refractivity contribution in [2.24, 2.45) is 10.9 Å². The summed E-state index contributed by atoms with van der Waals surface area (Å²) < 4.78 is 23.1. The largest absolute Gasteiger partial charge is 0.329 e. The van der Waals surface area contributed by atoms with E-state index in [-0.39, 0.29) is 5.82 Å². The van der Waals surface area contributed by atoms with Crippen molar-refractivity contribution in [2.75, 3.05) is 13.1 Å². The van der Waals surface area contributed by atoms with Gasteiger partial charge in [-0.1, -0.05) is 61.5 Å². The molecule has 1 saturated heterocycles. The molecular weight excluding hydrogens is 472 g/mol. The van der Waals surface area contributed by atoms with Crippen LogP contribution in [0.5, 0.6) is 0 Å². The minimum Gasteiger partial charge on any atom is -0.329 e. The van der Waals surface area contributed by atoms with Crippen molar-refractivity contribution in [3.63, 3.8) is 0 Å². The van der Waals surface area contributed by atoms with Crippen LogP contribution in [0.3, 0.4) is 0 Å². The van der Waals surface area contributed by atoms with Crippen LogP contribution in [0.4, 0.5) is 8.78 Å². The van der Waals surface area contributed by atoms with E-state index < -0.39 is 6.17 Å². The van der Waals surface area contributed by atoms with E-state index in [0.717, 1.165) is 35.7 Å². The third-order valence-electron chi connectivity index (χ3n) is 4.86. The highest BCUT2D eigenvalue weighted by Gasteiger charge is 2.34. The molecule has 1 atom stereocenters. The van der Waals surface area contributed by atoms with Gasteiger partial charge in [0.2, 0.25) is 0 Å². The number of nitrogens with zero attached hydrogens (tertiary/aromatic N) is 2. The summed E-state index contributed by atoms with van der Waals surface area (Å²) >= 11 is 7.03. The highest BCUT2D eigenvalue weighted by atomic mass is 35.5. The van der Waals surface area contributed by atoms with E-state index in [1.807, 2.05) is 37.5 Å². The minimum atomic E-state index is -0.667. The summed E-state index contributed by atoms with van der Waals surface area (Å²) in [6.45, 7) is 15.0. The van der Waals surface area contributed by atoms with Crippen molar-refractivity contribution in [3.05, 3.63) is 81.5 Å². The van der Waals surface area contributed by atoms with E-state index in [2.05, 4.69) is 18.4 Å². The topological polar surface area (TPSA) is 39.5 Å². The Morgan fingerprint density at radius 3 is 2.53 bits per heavy atom. The van der Waals surface area contributed by atoms with Crippen LogP contribution in [-0.2, 0) is 0 Å². The second-order valence-electron chi connectivity index (χ2n) is 8.03. The Bertz CT molecular complexity index is 931. The normalized spacial score (nSPS) is 17.3. The predicted molar refractivity (Wildman–Crippen MR) is 146 cm³/mol. The first-order chi connectivity index (χ1) is 16.1. The van der Waals surface area contributed by atoms with Gasteiger partial charge in [0.05, 0.1) is 18.4 Å². The molecule has 1 fully saturated rings. The Morgan fingerprint density at radius 2 is 2.03 bits per heavy atom. The van der Waals surface area contributed by atoms with E-state index >= 15 is 0 Å². The summed E-state index contributed by atoms with van der Waals surface area (Å²) in [6.07, 6.45) is 7.34. The van der Waals surface area contributed by atoms with Gasteiger partial charge < -0.3 is 10.3 Å². The molecule has 1 N–H and O–H groups in total. The molecule has 0 spiro atoms. The molecule has 0 aromatic heterocycles. The number of hydrogen-bond donors (Lipinski definition) is 1. The Hall–Kier alpha value is -2.18. The molecule has 0 radical (unpaired) electrons. The molecule has 2 aliphatic heterocycles. The quantitative estimate of drug-likeness (QED) is 0.391. The fourth-order valence-electron chi connectivity index (χ4n) is 3.33. The zero-order chi connectivity index (χ0) is 25.7. The van der Waals surface area contributed by atoms with Crippen LogP contribution in [0.2, 0.25) is 5.02 Å². The van der Waals surface area contributed by atoms with E-state index in [1.165, 1.54) is 31.7 Å². The smallest absolute Gasteiger partial charge is 0.141 e. The number of fused-ring (bicyclic) bond motifs is 1. The molecule has 1 unspecified atom stereocenters. The molecule has 3 rings (SSSR count). The van der Waals surface area contributed by atoms with Crippen molar-refractivity contribution in [3.8, 4) is 0 Å². The molecule has 2 aliphatic rings. The van der Waals surface area contributed by atoms with Gasteiger partial charge in [0.1, 0.15) is 11.7 Å². The van der Waals surface area contributed by atoms with E-state index in [9.17, 15) is 8.78 Å². The SMILES string of the molecule is C=C(S/C=C\C)C1=NCC(C(=N)/C=C\C)=C2CC(CC)CN12.CC(C)F.Fc1cccc(Cl)c1. The van der Waals surface area contributed by atoms with Gasteiger partial charge in [0, 0.05) is 27.7 Å². The van der Waals surface area contributed by atoms with Crippen molar-refractivity contribution in [2.45, 2.75) is 53.6 Å². The lowest BCUT2D eigenvalue weighted by Crippen LogP contribution is -2.33. The molecule has 1 aromatic carbocycles. The average molecular weight is 508 g/mol. The maximum atomic E-state index is 12.1. The Kier molecular flexibility index (Phi) is 13.8. The zero-order valence-corrected chi connectivity index (χ0v) is 22.3. The number of alkyl halides is 1. The van der Waals surface area contributed by atoms with E-state index in [0.29, 0.717) is 23.2 Å². The van der Waals surface area contributed by atoms with Gasteiger partial charge >= 0.3 is 0 Å². The van der Waals surface area contributed by atoms with Crippen molar-refractivity contribution in [1.82, 2.24) is 4.90 Å². The van der Waals surface area contributed by atoms with Crippen LogP contribution >= 0.6 is 23.4 Å². The number of thioether (sulfide) groups is 1. The summed E-state index contributed by atoms with van der Waals surface area (Å²) in [7, 11) is 0. The molecule has 0 aliphatic carbocycles. The fraction of sp³-hybridized carbons (Fsp3) is 0.407. The van der Waals surface area contributed by atoms with Gasteiger partial charge in [-0.05, 0) is 69.7 Å². The first-order valence-electron chi connectivity index (χ1n) is 11.4. The first kappa shape index (κ1) is 29.9. The highest BCUT2D eigenvalue weighted by molar-refractivity contribution is 8.06. The van der Waals surface area contributed by atoms with E-state index in [4.69, 9.17) is 22.0 Å². The van der Waals surface area contributed by atoms with Crippen molar-refractivity contribution in [1.29, 1.82) is 5.41 Å². The molecule has 186 valence electrons. The zero-order valence-electron chi connectivity index (χ0n) is 20.7. The van der Waals surface area contributed by atoms with Crippen LogP contribution in [0.25, 0.3) is 0 Å². The maximum absolute atomic E-state index is 12.1. The lowest BCUT2D eigenvalue weighted by molar-refractivity contribution is 0.391. The number of hydrogen-bond acceptors (Lipinski definition) is 4. The monoisotopic (exact) mass is 507 g/mol. The number of benzene rings is 1. The van der Waals surface area contributed by atoms with Gasteiger partial charge in [-0.25, -0.2) is 8.78 Å². The van der Waals surface area contributed by atoms with Crippen LogP contribution in [-0.4, -0.2) is 35.7 Å². The summed E-state index contributed by atoms with van der Waals surface area (Å²) in [6, 6.07) is 5.82. The van der Waals surface area contributed by atoms with Crippen molar-refractivity contribution >= 4 is 34.9 Å². The summed E-state index contributed by atoms with van der Waals surface area (Å²) in [5, 5.41) is 10.7. The standard InChI is InChI=1S/C18H25N3S.C6H4ClF.C3H7F/c1-5-8-16(19)15-11-20-18(13(4)22-9-6-2)21-12-14(7-3)10-17(15)21;7-5-2-1-3-6(8)4-5;1-3(2)4/h5-6,8-9,14,19H,4,7,10-12H2,1-3H3;1-4H;3H,1-2H3/b8-5-,9-6-,19-16?;;. The number of aliphatic imine (C=N–C) groups is 1. The maximum Gasteiger partial charge on any atom is 0.141 e. The summed E-state index contributed by atoms with van der Waals surface area (Å²) in [4.78, 5) is 8.02. The van der Waals surface area contributed by atoms with Gasteiger partial charge in [0.15, 0.2) is 0 Å². The number of allylic oxidation sites excluding steroid dienone is 4. The molecule has 0 bridgehead atoms. The highest BCUT2D eigenvalue weighted by Crippen LogP contribution is 2.37. The lowest BCUT2D eigenvalue weighted by Gasteiger charge is -2.29. The Balaban J connectivity index is 0.000000395. The fourth-order valence-corrected chi connectivity index (χ4v) is 4.09. The molecule has 7 heteroatoms. The molecule has 3 nitrogen and oxygen atoms in total. The van der Waals surface area contributed by atoms with Gasteiger partial charge in [-0.3, -0.25) is 4.99 Å². The minimum absolute atomic E-state index is 0.294.